The van der Waals surface area contributed by atoms with Crippen molar-refractivity contribution in [2.75, 3.05) is 0 Å². The summed E-state index contributed by atoms with van der Waals surface area (Å²) in [6, 6.07) is 0. The summed E-state index contributed by atoms with van der Waals surface area (Å²) >= 11 is 0. The molecule has 0 aliphatic rings. The Labute approximate surface area is 195 Å². The van der Waals surface area contributed by atoms with Gasteiger partial charge >= 0.3 is 0 Å². The Morgan fingerprint density at radius 2 is 1.30 bits per heavy atom. The van der Waals surface area contributed by atoms with Crippen molar-refractivity contribution in [3.05, 3.63) is 0 Å². The summed E-state index contributed by atoms with van der Waals surface area (Å²) in [6.45, 7) is 35.4. The molecule has 0 aromatic heterocycles. The summed E-state index contributed by atoms with van der Waals surface area (Å²) in [6.07, 6.45) is 4.28. The molecule has 0 bridgehead atoms. The Morgan fingerprint density at radius 3 is 1.60 bits per heavy atom. The highest BCUT2D eigenvalue weighted by molar-refractivity contribution is 6.81. The highest BCUT2D eigenvalue weighted by atomic mass is 28.4. The molecule has 0 spiro atoms. The van der Waals surface area contributed by atoms with E-state index in [1.165, 1.54) is 0 Å². The maximum Gasteiger partial charge on any atom is 0.201 e. The van der Waals surface area contributed by atoms with E-state index >= 15 is 0 Å². The van der Waals surface area contributed by atoms with E-state index in [1.807, 2.05) is 0 Å². The highest BCUT2D eigenvalue weighted by Gasteiger charge is 2.51. The topological polar surface area (TPSA) is 27.7 Å². The molecule has 7 heteroatoms. The Bertz CT molecular complexity index is 516. The van der Waals surface area contributed by atoms with Crippen molar-refractivity contribution >= 4 is 33.7 Å². The Hall–Kier alpha value is 0.748. The van der Waals surface area contributed by atoms with E-state index in [1.54, 1.807) is 0 Å². The van der Waals surface area contributed by atoms with E-state index in [0.29, 0.717) is 11.3 Å². The average Bonchev–Trinajstić information content (AvgIpc) is 2.57. The van der Waals surface area contributed by atoms with Gasteiger partial charge in [-0.2, -0.15) is 0 Å². The third kappa shape index (κ3) is 8.27. The van der Waals surface area contributed by atoms with Crippen LogP contribution in [0.25, 0.3) is 0 Å². The molecule has 3 nitrogen and oxygen atoms in total. The fourth-order valence-corrected chi connectivity index (χ4v) is 17.4. The molecular formula is C23H56O3Si4. The molecule has 0 aromatic carbocycles. The van der Waals surface area contributed by atoms with Gasteiger partial charge in [-0.05, 0) is 72.4 Å². The first-order valence-electron chi connectivity index (χ1n) is 12.4. The van der Waals surface area contributed by atoms with Crippen molar-refractivity contribution in [2.45, 2.75) is 148 Å². The Morgan fingerprint density at radius 1 is 0.800 bits per heavy atom. The lowest BCUT2D eigenvalue weighted by Crippen LogP contribution is -2.61. The molecule has 0 amide bonds. The highest BCUT2D eigenvalue weighted by Crippen LogP contribution is 2.45. The molecule has 0 fully saturated rings. The minimum atomic E-state index is -2.01. The maximum absolute atomic E-state index is 7.20. The van der Waals surface area contributed by atoms with Crippen molar-refractivity contribution < 1.29 is 13.3 Å². The first kappa shape index (κ1) is 30.7. The summed E-state index contributed by atoms with van der Waals surface area (Å²) in [5, 5.41) is 0.0146. The van der Waals surface area contributed by atoms with E-state index in [4.69, 9.17) is 13.3 Å². The quantitative estimate of drug-likeness (QED) is 0.232. The summed E-state index contributed by atoms with van der Waals surface area (Å²) in [7, 11) is -6.56. The summed E-state index contributed by atoms with van der Waals surface area (Å²) in [5.74, 6) is 0. The molecule has 5 unspecified atom stereocenters. The SMILES string of the molecule is CCC(O[Si](C)(C)C)[SiH](C)OC(C)(CC)C(CC)[Si](C)(C)OC(C)(CC)[Si](C)(C)C. The molecule has 0 rings (SSSR count). The summed E-state index contributed by atoms with van der Waals surface area (Å²) in [5.41, 5.74) is 0.630. The van der Waals surface area contributed by atoms with Gasteiger partial charge in [0.05, 0.1) is 19.4 Å². The predicted molar refractivity (Wildman–Crippen MR) is 146 cm³/mol. The Kier molecular flexibility index (Phi) is 11.5. The number of rotatable bonds is 14. The summed E-state index contributed by atoms with van der Waals surface area (Å²) in [4.78, 5) is 0. The lowest BCUT2D eigenvalue weighted by molar-refractivity contribution is 0.0430. The first-order chi connectivity index (χ1) is 13.3. The number of hydrogen-bond acceptors (Lipinski definition) is 3. The molecule has 30 heavy (non-hydrogen) atoms. The van der Waals surface area contributed by atoms with Gasteiger partial charge in [-0.25, -0.2) is 0 Å². The monoisotopic (exact) mass is 492 g/mol. The van der Waals surface area contributed by atoms with Gasteiger partial charge in [-0.15, -0.1) is 0 Å². The second-order valence-corrected chi connectivity index (χ2v) is 28.7. The van der Waals surface area contributed by atoms with E-state index < -0.39 is 33.7 Å². The third-order valence-electron chi connectivity index (χ3n) is 7.32. The van der Waals surface area contributed by atoms with Crippen LogP contribution in [-0.2, 0) is 13.3 Å². The zero-order chi connectivity index (χ0) is 24.2. The second kappa shape index (κ2) is 11.2. The van der Waals surface area contributed by atoms with Gasteiger partial charge in [-0.3, -0.25) is 0 Å². The van der Waals surface area contributed by atoms with Crippen LogP contribution in [0, 0.1) is 0 Å². The van der Waals surface area contributed by atoms with Gasteiger partial charge in [0.1, 0.15) is 0 Å². The van der Waals surface area contributed by atoms with Crippen molar-refractivity contribution in [3.63, 3.8) is 0 Å². The first-order valence-corrected chi connectivity index (χ1v) is 24.6. The van der Waals surface area contributed by atoms with E-state index in [0.717, 1.165) is 25.7 Å². The maximum atomic E-state index is 7.20. The van der Waals surface area contributed by atoms with E-state index in [-0.39, 0.29) is 10.8 Å². The van der Waals surface area contributed by atoms with Crippen LogP contribution in [0.2, 0.25) is 64.5 Å². The zero-order valence-electron chi connectivity index (χ0n) is 23.3. The van der Waals surface area contributed by atoms with Crippen molar-refractivity contribution in [1.29, 1.82) is 0 Å². The van der Waals surface area contributed by atoms with Crippen LogP contribution in [0.1, 0.15) is 67.2 Å². The fraction of sp³-hybridized carbons (Fsp3) is 1.00. The molecule has 5 atom stereocenters. The van der Waals surface area contributed by atoms with E-state index in [2.05, 4.69) is 100 Å². The largest absolute Gasteiger partial charge is 0.415 e. The van der Waals surface area contributed by atoms with Crippen molar-refractivity contribution in [2.24, 2.45) is 0 Å². The van der Waals surface area contributed by atoms with Gasteiger partial charge < -0.3 is 13.3 Å². The lowest BCUT2D eigenvalue weighted by Gasteiger charge is -2.52. The molecule has 0 radical (unpaired) electrons. The molecule has 0 aliphatic carbocycles. The summed E-state index contributed by atoms with van der Waals surface area (Å²) < 4.78 is 20.8. The third-order valence-corrected chi connectivity index (χ3v) is 18.7. The predicted octanol–water partition coefficient (Wildman–Crippen LogP) is 7.74. The van der Waals surface area contributed by atoms with Crippen LogP contribution >= 0.6 is 0 Å². The molecule has 0 N–H and O–H groups in total. The molecule has 0 heterocycles. The van der Waals surface area contributed by atoms with Gasteiger partial charge in [0.25, 0.3) is 0 Å². The molecule has 0 aliphatic heterocycles. The van der Waals surface area contributed by atoms with Gasteiger partial charge in [0, 0.05) is 10.8 Å². The van der Waals surface area contributed by atoms with Gasteiger partial charge in [0.15, 0.2) is 16.6 Å². The molecule has 0 aromatic rings. The van der Waals surface area contributed by atoms with Gasteiger partial charge in [0.2, 0.25) is 9.04 Å². The smallest absolute Gasteiger partial charge is 0.201 e. The fourth-order valence-electron chi connectivity index (χ4n) is 4.94. The number of hydrogen-bond donors (Lipinski definition) is 0. The van der Waals surface area contributed by atoms with Crippen LogP contribution in [0.3, 0.4) is 0 Å². The zero-order valence-corrected chi connectivity index (χ0v) is 27.4. The molecule has 0 saturated carbocycles. The van der Waals surface area contributed by atoms with Crippen LogP contribution < -0.4 is 0 Å². The average molecular weight is 493 g/mol. The Balaban J connectivity index is 5.83. The minimum absolute atomic E-state index is 0.0146. The van der Waals surface area contributed by atoms with Crippen LogP contribution in [0.15, 0.2) is 0 Å². The normalized spacial score (nSPS) is 20.9. The van der Waals surface area contributed by atoms with Crippen LogP contribution in [0.5, 0.6) is 0 Å². The van der Waals surface area contributed by atoms with Crippen molar-refractivity contribution in [3.8, 4) is 0 Å². The van der Waals surface area contributed by atoms with E-state index in [9.17, 15) is 0 Å². The second-order valence-electron chi connectivity index (χ2n) is 12.2. The van der Waals surface area contributed by atoms with Gasteiger partial charge in [-0.1, -0.05) is 53.8 Å². The van der Waals surface area contributed by atoms with Crippen molar-refractivity contribution in [1.82, 2.24) is 0 Å². The minimum Gasteiger partial charge on any atom is -0.415 e. The molecule has 182 valence electrons. The molecule has 0 saturated heterocycles. The molecular weight excluding hydrogens is 437 g/mol. The standard InChI is InChI=1S/C23H56O3Si4/c1-16-20(30(14,15)26-23(6,19-4)28(8,9)10)22(5,18-3)25-27(7)21(17-2)24-29(11,12)13/h20-21,27H,16-19H2,1-15H3. The lowest BCUT2D eigenvalue weighted by atomic mass is 9.97. The van der Waals surface area contributed by atoms with Crippen LogP contribution in [0.4, 0.5) is 0 Å². The van der Waals surface area contributed by atoms with Crippen LogP contribution in [-0.4, -0.2) is 50.3 Å².